The Kier molecular flexibility index (Phi) is 4.48. The third-order valence-corrected chi connectivity index (χ3v) is 4.80. The number of anilines is 2. The van der Waals surface area contributed by atoms with Crippen LogP contribution in [0, 0.1) is 3.83 Å². The monoisotopic (exact) mass is 407 g/mol. The van der Waals surface area contributed by atoms with Gasteiger partial charge in [-0.05, 0) is 25.5 Å². The standard InChI is InChI=1S/C12H12ClIN3OP/c1-19(2,18)10-6-4-3-5-9(10)16-11-8(13)7-15-12(14)17-11/h3-7H,1-2H3,(H,15,16,17). The Balaban J connectivity index is 2.44. The maximum Gasteiger partial charge on any atom is 0.192 e. The fourth-order valence-corrected chi connectivity index (χ4v) is 3.28. The Morgan fingerprint density at radius 1 is 1.32 bits per heavy atom. The van der Waals surface area contributed by atoms with Gasteiger partial charge in [-0.2, -0.15) is 0 Å². The van der Waals surface area contributed by atoms with Crippen molar-refractivity contribution in [3.05, 3.63) is 39.3 Å². The van der Waals surface area contributed by atoms with E-state index < -0.39 is 7.14 Å². The molecule has 0 fully saturated rings. The number of rotatable bonds is 3. The molecular formula is C12H12ClIN3OP. The van der Waals surface area contributed by atoms with Crippen LogP contribution >= 0.6 is 41.3 Å². The lowest BCUT2D eigenvalue weighted by molar-refractivity contribution is 0.588. The molecule has 0 saturated carbocycles. The molecule has 2 rings (SSSR count). The predicted molar refractivity (Wildman–Crippen MR) is 88.6 cm³/mol. The van der Waals surface area contributed by atoms with Crippen LogP contribution in [0.4, 0.5) is 11.5 Å². The van der Waals surface area contributed by atoms with Crippen molar-refractivity contribution >= 4 is 58.1 Å². The van der Waals surface area contributed by atoms with Crippen molar-refractivity contribution in [2.24, 2.45) is 0 Å². The summed E-state index contributed by atoms with van der Waals surface area (Å²) >= 11 is 8.07. The van der Waals surface area contributed by atoms with Gasteiger partial charge in [0, 0.05) is 27.9 Å². The molecule has 100 valence electrons. The van der Waals surface area contributed by atoms with E-state index in [1.165, 1.54) is 0 Å². The average molecular weight is 408 g/mol. The van der Waals surface area contributed by atoms with Crippen LogP contribution in [0.15, 0.2) is 30.5 Å². The molecule has 0 aliphatic rings. The largest absolute Gasteiger partial charge is 0.338 e. The summed E-state index contributed by atoms with van der Waals surface area (Å²) in [5.41, 5.74) is 0.757. The Labute approximate surface area is 130 Å². The summed E-state index contributed by atoms with van der Waals surface area (Å²) < 4.78 is 12.9. The minimum Gasteiger partial charge on any atom is -0.338 e. The number of benzene rings is 1. The van der Waals surface area contributed by atoms with Gasteiger partial charge < -0.3 is 9.88 Å². The normalized spacial score (nSPS) is 11.4. The van der Waals surface area contributed by atoms with Crippen molar-refractivity contribution < 1.29 is 4.57 Å². The van der Waals surface area contributed by atoms with Crippen molar-refractivity contribution in [2.75, 3.05) is 18.6 Å². The van der Waals surface area contributed by atoms with Gasteiger partial charge >= 0.3 is 0 Å². The molecule has 2 aromatic rings. The van der Waals surface area contributed by atoms with E-state index in [2.05, 4.69) is 15.3 Å². The molecular weight excluding hydrogens is 395 g/mol. The highest BCUT2D eigenvalue weighted by atomic mass is 127. The second kappa shape index (κ2) is 5.77. The highest BCUT2D eigenvalue weighted by Crippen LogP contribution is 2.38. The zero-order chi connectivity index (χ0) is 14.0. The van der Waals surface area contributed by atoms with Crippen LogP contribution in [0.25, 0.3) is 0 Å². The molecule has 19 heavy (non-hydrogen) atoms. The van der Waals surface area contributed by atoms with Gasteiger partial charge in [-0.1, -0.05) is 23.7 Å². The molecule has 0 spiro atoms. The van der Waals surface area contributed by atoms with Crippen LogP contribution in [0.3, 0.4) is 0 Å². The van der Waals surface area contributed by atoms with Gasteiger partial charge in [0.25, 0.3) is 0 Å². The molecule has 0 saturated heterocycles. The van der Waals surface area contributed by atoms with E-state index in [0.717, 1.165) is 11.0 Å². The van der Waals surface area contributed by atoms with E-state index in [4.69, 9.17) is 11.6 Å². The van der Waals surface area contributed by atoms with E-state index in [0.29, 0.717) is 14.7 Å². The Morgan fingerprint density at radius 3 is 2.68 bits per heavy atom. The van der Waals surface area contributed by atoms with E-state index in [9.17, 15) is 4.57 Å². The lowest BCUT2D eigenvalue weighted by atomic mass is 10.3. The molecule has 0 aliphatic carbocycles. The number of nitrogens with zero attached hydrogens (tertiary/aromatic N) is 2. The first-order valence-electron chi connectivity index (χ1n) is 5.47. The van der Waals surface area contributed by atoms with Gasteiger partial charge in [0.1, 0.15) is 12.2 Å². The molecule has 0 unspecified atom stereocenters. The topological polar surface area (TPSA) is 54.9 Å². The summed E-state index contributed by atoms with van der Waals surface area (Å²) in [6.45, 7) is 3.47. The van der Waals surface area contributed by atoms with Gasteiger partial charge in [-0.25, -0.2) is 9.97 Å². The molecule has 1 aromatic heterocycles. The zero-order valence-corrected chi connectivity index (χ0v) is 14.2. The maximum absolute atomic E-state index is 12.3. The van der Waals surface area contributed by atoms with Crippen molar-refractivity contribution in [3.8, 4) is 0 Å². The molecule has 7 heteroatoms. The second-order valence-corrected chi connectivity index (χ2v) is 8.88. The third kappa shape index (κ3) is 3.68. The first kappa shape index (κ1) is 14.8. The first-order valence-corrected chi connectivity index (χ1v) is 9.53. The third-order valence-electron chi connectivity index (χ3n) is 2.45. The zero-order valence-electron chi connectivity index (χ0n) is 10.4. The SMILES string of the molecule is CP(C)(=O)c1ccccc1Nc1nc(I)ncc1Cl. The highest BCUT2D eigenvalue weighted by molar-refractivity contribution is 14.1. The van der Waals surface area contributed by atoms with Gasteiger partial charge in [-0.15, -0.1) is 0 Å². The fraction of sp³-hybridized carbons (Fsp3) is 0.167. The summed E-state index contributed by atoms with van der Waals surface area (Å²) in [5, 5.41) is 4.33. The number of hydrogen-bond acceptors (Lipinski definition) is 4. The van der Waals surface area contributed by atoms with Crippen LogP contribution in [0.5, 0.6) is 0 Å². The van der Waals surface area contributed by atoms with E-state index in [-0.39, 0.29) is 0 Å². The van der Waals surface area contributed by atoms with Gasteiger partial charge in [0.05, 0.1) is 11.9 Å². The van der Waals surface area contributed by atoms with Crippen LogP contribution in [-0.2, 0) is 4.57 Å². The molecule has 0 atom stereocenters. The lowest BCUT2D eigenvalue weighted by Gasteiger charge is -2.15. The van der Waals surface area contributed by atoms with Crippen LogP contribution in [0.2, 0.25) is 5.02 Å². The maximum atomic E-state index is 12.3. The molecule has 0 radical (unpaired) electrons. The van der Waals surface area contributed by atoms with Gasteiger partial charge in [0.2, 0.25) is 0 Å². The Morgan fingerprint density at radius 2 is 2.00 bits per heavy atom. The van der Waals surface area contributed by atoms with E-state index >= 15 is 0 Å². The summed E-state index contributed by atoms with van der Waals surface area (Å²) in [6.07, 6.45) is 1.54. The summed E-state index contributed by atoms with van der Waals surface area (Å²) in [6, 6.07) is 7.45. The fourth-order valence-electron chi connectivity index (χ4n) is 1.61. The lowest BCUT2D eigenvalue weighted by Crippen LogP contribution is -2.10. The van der Waals surface area contributed by atoms with Crippen molar-refractivity contribution in [1.29, 1.82) is 0 Å². The van der Waals surface area contributed by atoms with Gasteiger partial charge in [0.15, 0.2) is 9.65 Å². The smallest absolute Gasteiger partial charge is 0.192 e. The Hall–Kier alpha value is -0.650. The predicted octanol–water partition coefficient (Wildman–Crippen LogP) is 3.73. The van der Waals surface area contributed by atoms with Gasteiger partial charge in [-0.3, -0.25) is 0 Å². The average Bonchev–Trinajstić information content (AvgIpc) is 2.33. The number of hydrogen-bond donors (Lipinski definition) is 1. The van der Waals surface area contributed by atoms with E-state index in [1.54, 1.807) is 19.5 Å². The Bertz CT molecular complexity index is 659. The molecule has 4 nitrogen and oxygen atoms in total. The first-order chi connectivity index (χ1) is 8.88. The van der Waals surface area contributed by atoms with Crippen molar-refractivity contribution in [2.45, 2.75) is 0 Å². The van der Waals surface area contributed by atoms with E-state index in [1.807, 2.05) is 46.9 Å². The molecule has 0 aliphatic heterocycles. The molecule has 1 heterocycles. The van der Waals surface area contributed by atoms with Crippen molar-refractivity contribution in [3.63, 3.8) is 0 Å². The number of para-hydroxylation sites is 1. The second-order valence-electron chi connectivity index (χ2n) is 4.33. The minimum absolute atomic E-state index is 0.428. The number of halogens is 2. The van der Waals surface area contributed by atoms with Crippen LogP contribution < -0.4 is 10.6 Å². The van der Waals surface area contributed by atoms with Crippen molar-refractivity contribution in [1.82, 2.24) is 9.97 Å². The molecule has 1 aromatic carbocycles. The summed E-state index contributed by atoms with van der Waals surface area (Å²) in [4.78, 5) is 8.23. The molecule has 0 bridgehead atoms. The minimum atomic E-state index is -2.37. The summed E-state index contributed by atoms with van der Waals surface area (Å²) in [5.74, 6) is 0.516. The number of nitrogens with one attached hydrogen (secondary N) is 1. The highest BCUT2D eigenvalue weighted by Gasteiger charge is 2.16. The summed E-state index contributed by atoms with van der Waals surface area (Å²) in [7, 11) is -2.37. The quantitative estimate of drug-likeness (QED) is 0.479. The van der Waals surface area contributed by atoms with Crippen LogP contribution in [0.1, 0.15) is 0 Å². The number of aromatic nitrogens is 2. The molecule has 1 N–H and O–H groups in total. The molecule has 0 amide bonds. The van der Waals surface area contributed by atoms with Crippen LogP contribution in [-0.4, -0.2) is 23.3 Å².